The minimum atomic E-state index is -3.71. The first kappa shape index (κ1) is 16.5. The van der Waals surface area contributed by atoms with Gasteiger partial charge in [0.25, 0.3) is 10.2 Å². The number of hydrogen-bond donors (Lipinski definition) is 1. The largest absolute Gasteiger partial charge is 0.496 e. The first-order chi connectivity index (χ1) is 10.3. The number of nitrogens with zero attached hydrogens (tertiary/aromatic N) is 1. The van der Waals surface area contributed by atoms with E-state index in [1.54, 1.807) is 14.0 Å². The second kappa shape index (κ2) is 6.48. The van der Waals surface area contributed by atoms with E-state index in [1.165, 1.54) is 7.05 Å². The summed E-state index contributed by atoms with van der Waals surface area (Å²) in [4.78, 5) is 0. The number of para-hydroxylation sites is 1. The summed E-state index contributed by atoms with van der Waals surface area (Å²) >= 11 is 0. The first-order valence-corrected chi connectivity index (χ1v) is 8.34. The first-order valence-electron chi connectivity index (χ1n) is 6.83. The van der Waals surface area contributed by atoms with Crippen molar-refractivity contribution in [2.45, 2.75) is 13.0 Å². The maximum absolute atomic E-state index is 11.4. The molecule has 1 atom stereocenters. The summed E-state index contributed by atoms with van der Waals surface area (Å²) in [5.41, 5.74) is 2.87. The van der Waals surface area contributed by atoms with Crippen molar-refractivity contribution in [1.29, 1.82) is 0 Å². The van der Waals surface area contributed by atoms with Crippen molar-refractivity contribution in [2.24, 2.45) is 5.14 Å². The van der Waals surface area contributed by atoms with Crippen LogP contribution in [0.15, 0.2) is 48.5 Å². The van der Waals surface area contributed by atoms with E-state index in [0.29, 0.717) is 0 Å². The molecule has 0 bridgehead atoms. The predicted molar refractivity (Wildman–Crippen MR) is 87.7 cm³/mol. The number of ether oxygens (including phenoxy) is 1. The van der Waals surface area contributed by atoms with Crippen LogP contribution >= 0.6 is 0 Å². The van der Waals surface area contributed by atoms with E-state index in [-0.39, 0.29) is 6.04 Å². The molecule has 6 heteroatoms. The molecule has 0 spiro atoms. The molecule has 0 radical (unpaired) electrons. The third-order valence-electron chi connectivity index (χ3n) is 3.76. The number of nitrogens with two attached hydrogens (primary N) is 1. The van der Waals surface area contributed by atoms with Gasteiger partial charge in [0.1, 0.15) is 5.75 Å². The van der Waals surface area contributed by atoms with E-state index in [2.05, 4.69) is 0 Å². The molecular weight excluding hydrogens is 300 g/mol. The van der Waals surface area contributed by atoms with Gasteiger partial charge in [-0.15, -0.1) is 0 Å². The van der Waals surface area contributed by atoms with Gasteiger partial charge in [0, 0.05) is 18.7 Å². The Kier molecular flexibility index (Phi) is 4.85. The van der Waals surface area contributed by atoms with Gasteiger partial charge in [-0.05, 0) is 24.1 Å². The van der Waals surface area contributed by atoms with E-state index in [0.717, 1.165) is 26.7 Å². The SMILES string of the molecule is COc1ccccc1-c1ccc([C@H](C)N(C)S(N)(=O)=O)cc1. The second-order valence-corrected chi connectivity index (χ2v) is 6.67. The zero-order valence-corrected chi connectivity index (χ0v) is 13.7. The molecule has 2 aromatic carbocycles. The lowest BCUT2D eigenvalue weighted by Crippen LogP contribution is -2.35. The van der Waals surface area contributed by atoms with Crippen molar-refractivity contribution in [1.82, 2.24) is 4.31 Å². The third-order valence-corrected chi connectivity index (χ3v) is 4.88. The van der Waals surface area contributed by atoms with Crippen LogP contribution in [0.1, 0.15) is 18.5 Å². The molecule has 2 aromatic rings. The Bertz CT molecular complexity index is 742. The summed E-state index contributed by atoms with van der Waals surface area (Å²) < 4.78 is 29.3. The summed E-state index contributed by atoms with van der Waals surface area (Å²) in [5.74, 6) is 0.796. The zero-order chi connectivity index (χ0) is 16.3. The van der Waals surface area contributed by atoms with Crippen LogP contribution in [0.2, 0.25) is 0 Å². The van der Waals surface area contributed by atoms with E-state index in [4.69, 9.17) is 9.88 Å². The van der Waals surface area contributed by atoms with Crippen molar-refractivity contribution in [3.63, 3.8) is 0 Å². The Morgan fingerprint density at radius 1 is 1.09 bits per heavy atom. The highest BCUT2D eigenvalue weighted by Crippen LogP contribution is 2.31. The van der Waals surface area contributed by atoms with Crippen molar-refractivity contribution < 1.29 is 13.2 Å². The Labute approximate surface area is 131 Å². The van der Waals surface area contributed by atoms with Crippen LogP contribution in [-0.4, -0.2) is 26.9 Å². The van der Waals surface area contributed by atoms with Crippen LogP contribution in [0.3, 0.4) is 0 Å². The van der Waals surface area contributed by atoms with E-state index < -0.39 is 10.2 Å². The molecule has 0 unspecified atom stereocenters. The van der Waals surface area contributed by atoms with Gasteiger partial charge in [0.05, 0.1) is 7.11 Å². The Balaban J connectivity index is 2.31. The van der Waals surface area contributed by atoms with Crippen LogP contribution in [0.5, 0.6) is 5.75 Å². The number of methoxy groups -OCH3 is 1. The van der Waals surface area contributed by atoms with Crippen molar-refractivity contribution in [3.8, 4) is 16.9 Å². The van der Waals surface area contributed by atoms with Gasteiger partial charge in [-0.2, -0.15) is 12.7 Å². The summed E-state index contributed by atoms with van der Waals surface area (Å²) in [6, 6.07) is 15.1. The molecule has 0 heterocycles. The number of hydrogen-bond acceptors (Lipinski definition) is 3. The molecule has 0 aliphatic carbocycles. The molecule has 0 aromatic heterocycles. The van der Waals surface area contributed by atoms with E-state index >= 15 is 0 Å². The van der Waals surface area contributed by atoms with Gasteiger partial charge in [-0.3, -0.25) is 0 Å². The molecule has 5 nitrogen and oxygen atoms in total. The van der Waals surface area contributed by atoms with Crippen LogP contribution in [0, 0.1) is 0 Å². The number of benzene rings is 2. The predicted octanol–water partition coefficient (Wildman–Crippen LogP) is 2.56. The fourth-order valence-corrected chi connectivity index (χ4v) is 2.82. The second-order valence-electron chi connectivity index (χ2n) is 5.06. The molecule has 0 aliphatic heterocycles. The van der Waals surface area contributed by atoms with Crippen molar-refractivity contribution in [3.05, 3.63) is 54.1 Å². The average molecular weight is 320 g/mol. The van der Waals surface area contributed by atoms with Gasteiger partial charge in [-0.1, -0.05) is 42.5 Å². The Morgan fingerprint density at radius 2 is 1.68 bits per heavy atom. The molecule has 0 aliphatic rings. The highest BCUT2D eigenvalue weighted by molar-refractivity contribution is 7.86. The summed E-state index contributed by atoms with van der Waals surface area (Å²) in [5, 5.41) is 5.16. The van der Waals surface area contributed by atoms with Crippen LogP contribution < -0.4 is 9.88 Å². The summed E-state index contributed by atoms with van der Waals surface area (Å²) in [7, 11) is -0.608. The molecule has 2 rings (SSSR count). The standard InChI is InChI=1S/C16H20N2O3S/c1-12(18(2)22(17,19)20)13-8-10-14(11-9-13)15-6-4-5-7-16(15)21-3/h4-12H,1-3H3,(H2,17,19,20)/t12-/m0/s1. The van der Waals surface area contributed by atoms with Crippen LogP contribution in [0.4, 0.5) is 0 Å². The molecule has 118 valence electrons. The van der Waals surface area contributed by atoms with Crippen molar-refractivity contribution in [2.75, 3.05) is 14.2 Å². The topological polar surface area (TPSA) is 72.6 Å². The minimum absolute atomic E-state index is 0.332. The van der Waals surface area contributed by atoms with Gasteiger partial charge in [0.15, 0.2) is 0 Å². The third kappa shape index (κ3) is 3.47. The zero-order valence-electron chi connectivity index (χ0n) is 12.9. The van der Waals surface area contributed by atoms with E-state index in [1.807, 2.05) is 48.5 Å². The normalized spacial score (nSPS) is 13.1. The van der Waals surface area contributed by atoms with Crippen LogP contribution in [-0.2, 0) is 10.2 Å². The van der Waals surface area contributed by atoms with Crippen molar-refractivity contribution >= 4 is 10.2 Å². The number of rotatable bonds is 5. The average Bonchev–Trinajstić information content (AvgIpc) is 2.52. The highest BCUT2D eigenvalue weighted by Gasteiger charge is 2.20. The molecule has 0 fully saturated rings. The maximum Gasteiger partial charge on any atom is 0.277 e. The van der Waals surface area contributed by atoms with Crippen LogP contribution in [0.25, 0.3) is 11.1 Å². The van der Waals surface area contributed by atoms with Gasteiger partial charge in [-0.25, -0.2) is 5.14 Å². The van der Waals surface area contributed by atoms with Gasteiger partial charge >= 0.3 is 0 Å². The lowest BCUT2D eigenvalue weighted by Gasteiger charge is -2.22. The molecule has 2 N–H and O–H groups in total. The monoisotopic (exact) mass is 320 g/mol. The van der Waals surface area contributed by atoms with Gasteiger partial charge < -0.3 is 4.74 Å². The summed E-state index contributed by atoms with van der Waals surface area (Å²) in [6.45, 7) is 1.79. The lowest BCUT2D eigenvalue weighted by molar-refractivity contribution is 0.399. The molecular formula is C16H20N2O3S. The summed E-state index contributed by atoms with van der Waals surface area (Å²) in [6.07, 6.45) is 0. The highest BCUT2D eigenvalue weighted by atomic mass is 32.2. The molecule has 0 amide bonds. The van der Waals surface area contributed by atoms with Gasteiger partial charge in [0.2, 0.25) is 0 Å². The Morgan fingerprint density at radius 3 is 2.23 bits per heavy atom. The molecule has 0 saturated heterocycles. The van der Waals surface area contributed by atoms with E-state index in [9.17, 15) is 8.42 Å². The quantitative estimate of drug-likeness (QED) is 0.920. The molecule has 0 saturated carbocycles. The lowest BCUT2D eigenvalue weighted by atomic mass is 10.0. The molecule has 22 heavy (non-hydrogen) atoms. The smallest absolute Gasteiger partial charge is 0.277 e. The fourth-order valence-electron chi connectivity index (χ4n) is 2.25. The Hall–Kier alpha value is -1.89. The maximum atomic E-state index is 11.4. The fraction of sp³-hybridized carbons (Fsp3) is 0.250. The minimum Gasteiger partial charge on any atom is -0.496 e.